The lowest BCUT2D eigenvalue weighted by Crippen LogP contribution is -2.59. The maximum atomic E-state index is 13.1. The van der Waals surface area contributed by atoms with Gasteiger partial charge in [0.15, 0.2) is 5.58 Å². The fraction of sp³-hybridized carbons (Fsp3) is 0.591. The van der Waals surface area contributed by atoms with Crippen LogP contribution in [0.4, 0.5) is 6.01 Å². The van der Waals surface area contributed by atoms with E-state index in [1.165, 1.54) is 0 Å². The summed E-state index contributed by atoms with van der Waals surface area (Å²) in [5.41, 5.74) is 1.65. The summed E-state index contributed by atoms with van der Waals surface area (Å²) in [5.74, 6) is 0.495. The summed E-state index contributed by atoms with van der Waals surface area (Å²) in [4.78, 5) is 36.4. The van der Waals surface area contributed by atoms with Crippen LogP contribution >= 0.6 is 12.4 Å². The van der Waals surface area contributed by atoms with E-state index in [1.54, 1.807) is 11.0 Å². The Labute approximate surface area is 188 Å². The number of para-hydroxylation sites is 1. The molecule has 1 N–H and O–H groups in total. The van der Waals surface area contributed by atoms with Gasteiger partial charge in [0.25, 0.3) is 11.9 Å². The van der Waals surface area contributed by atoms with Gasteiger partial charge < -0.3 is 24.4 Å². The second-order valence-corrected chi connectivity index (χ2v) is 9.02. The highest BCUT2D eigenvalue weighted by Crippen LogP contribution is 2.31. The van der Waals surface area contributed by atoms with Crippen LogP contribution in [-0.2, 0) is 4.79 Å². The van der Waals surface area contributed by atoms with Gasteiger partial charge in [-0.3, -0.25) is 9.59 Å². The number of piperazine rings is 1. The number of halogens is 1. The molecule has 0 aliphatic carbocycles. The molecule has 0 radical (unpaired) electrons. The summed E-state index contributed by atoms with van der Waals surface area (Å²) < 4.78 is 6.02. The number of oxazole rings is 1. The predicted octanol–water partition coefficient (Wildman–Crippen LogP) is 2.13. The van der Waals surface area contributed by atoms with Crippen molar-refractivity contribution in [3.63, 3.8) is 0 Å². The summed E-state index contributed by atoms with van der Waals surface area (Å²) in [6, 6.07) is 5.74. The van der Waals surface area contributed by atoms with Crippen LogP contribution < -0.4 is 10.2 Å². The molecule has 2 amide bonds. The maximum absolute atomic E-state index is 13.1. The molecule has 9 heteroatoms. The van der Waals surface area contributed by atoms with Gasteiger partial charge in [-0.2, -0.15) is 4.98 Å². The quantitative estimate of drug-likeness (QED) is 0.776. The van der Waals surface area contributed by atoms with E-state index in [0.717, 1.165) is 32.5 Å². The number of anilines is 1. The lowest BCUT2D eigenvalue weighted by atomic mass is 9.84. The smallest absolute Gasteiger partial charge is 0.299 e. The van der Waals surface area contributed by atoms with Crippen LogP contribution in [0.1, 0.15) is 37.0 Å². The van der Waals surface area contributed by atoms with Crippen LogP contribution in [0.5, 0.6) is 0 Å². The molecule has 8 nitrogen and oxygen atoms in total. The number of fused-ring (bicyclic) bond motifs is 4. The van der Waals surface area contributed by atoms with Crippen LogP contribution in [0.3, 0.4) is 0 Å². The second kappa shape index (κ2) is 8.31. The molecule has 31 heavy (non-hydrogen) atoms. The Bertz CT molecular complexity index is 987. The largest absolute Gasteiger partial charge is 0.423 e. The molecule has 4 aliphatic rings. The Morgan fingerprint density at radius 3 is 2.61 bits per heavy atom. The molecular weight excluding hydrogens is 418 g/mol. The first-order valence-corrected chi connectivity index (χ1v) is 10.9. The fourth-order valence-corrected chi connectivity index (χ4v) is 5.35. The van der Waals surface area contributed by atoms with Gasteiger partial charge >= 0.3 is 0 Å². The number of amides is 2. The molecule has 0 spiro atoms. The monoisotopic (exact) mass is 447 g/mol. The van der Waals surface area contributed by atoms with E-state index in [-0.39, 0.29) is 42.3 Å². The van der Waals surface area contributed by atoms with Gasteiger partial charge in [-0.1, -0.05) is 6.07 Å². The molecular formula is C22H30ClN5O3. The van der Waals surface area contributed by atoms with E-state index >= 15 is 0 Å². The number of carbonyl (C=O) groups is 2. The lowest BCUT2D eigenvalue weighted by Gasteiger charge is -2.44. The Morgan fingerprint density at radius 1 is 1.19 bits per heavy atom. The number of carbonyl (C=O) groups excluding carboxylic acids is 2. The predicted molar refractivity (Wildman–Crippen MR) is 121 cm³/mol. The third kappa shape index (κ3) is 3.76. The number of nitrogens with zero attached hydrogens (tertiary/aromatic N) is 4. The van der Waals surface area contributed by atoms with Gasteiger partial charge in [0.05, 0.1) is 5.56 Å². The van der Waals surface area contributed by atoms with E-state index in [1.807, 2.05) is 31.0 Å². The van der Waals surface area contributed by atoms with Gasteiger partial charge in [-0.15, -0.1) is 12.4 Å². The number of rotatable bonds is 3. The highest BCUT2D eigenvalue weighted by molar-refractivity contribution is 6.05. The third-order valence-corrected chi connectivity index (χ3v) is 7.01. The van der Waals surface area contributed by atoms with Crippen LogP contribution in [0.25, 0.3) is 11.1 Å². The number of likely N-dealkylation sites (N-methyl/N-ethyl adjacent to an activating group) is 1. The van der Waals surface area contributed by atoms with E-state index < -0.39 is 0 Å². The van der Waals surface area contributed by atoms with Crippen LogP contribution in [0.2, 0.25) is 0 Å². The van der Waals surface area contributed by atoms with Gasteiger partial charge in [-0.05, 0) is 57.8 Å². The number of nitrogens with one attached hydrogen (secondary N) is 1. The first-order valence-electron chi connectivity index (χ1n) is 10.9. The van der Waals surface area contributed by atoms with E-state index in [2.05, 4.69) is 22.1 Å². The normalized spacial score (nSPS) is 30.4. The zero-order chi connectivity index (χ0) is 21.0. The Kier molecular flexibility index (Phi) is 5.87. The molecule has 1 aromatic carbocycles. The summed E-state index contributed by atoms with van der Waals surface area (Å²) in [5, 5.41) is 3.24. The molecule has 4 fully saturated rings. The van der Waals surface area contributed by atoms with Gasteiger partial charge in [0.2, 0.25) is 5.91 Å². The van der Waals surface area contributed by atoms with E-state index in [4.69, 9.17) is 4.42 Å². The van der Waals surface area contributed by atoms with Crippen molar-refractivity contribution in [3.05, 3.63) is 23.8 Å². The number of aromatic nitrogens is 1. The highest BCUT2D eigenvalue weighted by Gasteiger charge is 2.38. The van der Waals surface area contributed by atoms with Crippen molar-refractivity contribution in [1.82, 2.24) is 20.1 Å². The molecule has 1 aromatic heterocycles. The van der Waals surface area contributed by atoms with Gasteiger partial charge in [-0.25, -0.2) is 0 Å². The Morgan fingerprint density at radius 2 is 1.94 bits per heavy atom. The van der Waals surface area contributed by atoms with Gasteiger partial charge in [0.1, 0.15) is 11.6 Å². The van der Waals surface area contributed by atoms with Crippen molar-refractivity contribution in [1.29, 1.82) is 0 Å². The molecule has 6 rings (SSSR count). The number of benzene rings is 1. The molecule has 2 aromatic rings. The number of hydrogen-bond acceptors (Lipinski definition) is 6. The zero-order valence-corrected chi connectivity index (χ0v) is 19.0. The maximum Gasteiger partial charge on any atom is 0.299 e. The molecule has 4 saturated heterocycles. The van der Waals surface area contributed by atoms with Gasteiger partial charge in [0, 0.05) is 32.2 Å². The summed E-state index contributed by atoms with van der Waals surface area (Å²) in [7, 11) is 1.82. The fourth-order valence-electron chi connectivity index (χ4n) is 5.35. The second-order valence-electron chi connectivity index (χ2n) is 9.02. The van der Waals surface area contributed by atoms with E-state index in [9.17, 15) is 9.59 Å². The van der Waals surface area contributed by atoms with Crippen molar-refractivity contribution >= 4 is 41.3 Å². The molecule has 4 aliphatic heterocycles. The summed E-state index contributed by atoms with van der Waals surface area (Å²) in [6.07, 6.45) is 2.30. The van der Waals surface area contributed by atoms with Crippen molar-refractivity contribution in [3.8, 4) is 0 Å². The number of hydrogen-bond donors (Lipinski definition) is 1. The van der Waals surface area contributed by atoms with Crippen LogP contribution in [0, 0.1) is 5.92 Å². The molecule has 168 valence electrons. The molecule has 1 unspecified atom stereocenters. The van der Waals surface area contributed by atoms with Crippen molar-refractivity contribution in [2.75, 3.05) is 38.1 Å². The minimum Gasteiger partial charge on any atom is -0.423 e. The first-order chi connectivity index (χ1) is 14.4. The zero-order valence-electron chi connectivity index (χ0n) is 18.2. The Balaban J connectivity index is 0.00000231. The van der Waals surface area contributed by atoms with Crippen molar-refractivity contribution in [2.45, 2.75) is 44.8 Å². The average Bonchev–Trinajstić information content (AvgIpc) is 3.16. The lowest BCUT2D eigenvalue weighted by molar-refractivity contribution is -0.133. The van der Waals surface area contributed by atoms with Crippen molar-refractivity contribution < 1.29 is 14.0 Å². The molecule has 0 saturated carbocycles. The molecule has 3 atom stereocenters. The van der Waals surface area contributed by atoms with Crippen LogP contribution in [-0.4, -0.2) is 78.0 Å². The van der Waals surface area contributed by atoms with Crippen molar-refractivity contribution in [2.24, 2.45) is 5.92 Å². The Hall–Kier alpha value is -2.32. The standard InChI is InChI=1S/C22H29N5O3.ClH/c1-13-11-25(3)21(29)14(2)27(13)22-24-19-16(5-4-6-18(19)30-22)20(28)23-17-12-26-9-7-15(17)8-10-26;/h4-6,13-15,17H,7-12H2,1-3H3,(H,23,28);1H/t13-,14-,17?;/m0./s1. The topological polar surface area (TPSA) is 81.9 Å². The average molecular weight is 448 g/mol. The number of piperidine rings is 3. The van der Waals surface area contributed by atoms with E-state index in [0.29, 0.717) is 35.1 Å². The molecule has 5 heterocycles. The minimum atomic E-state index is -0.365. The molecule has 2 bridgehead atoms. The van der Waals surface area contributed by atoms with Crippen LogP contribution in [0.15, 0.2) is 22.6 Å². The SMILES string of the molecule is C[C@H]1CN(C)C(=O)[C@H](C)N1c1nc2c(C(=O)NC3CN4CCC3CC4)cccc2o1.Cl. The summed E-state index contributed by atoms with van der Waals surface area (Å²) in [6.45, 7) is 7.72. The highest BCUT2D eigenvalue weighted by atomic mass is 35.5. The summed E-state index contributed by atoms with van der Waals surface area (Å²) >= 11 is 0. The third-order valence-electron chi connectivity index (χ3n) is 7.01. The minimum absolute atomic E-state index is 0. The first kappa shape index (κ1) is 21.9.